The number of carbonyl (C=O) groups excluding carboxylic acids is 1. The zero-order chi connectivity index (χ0) is 13.1. The minimum Gasteiger partial charge on any atom is -0.481 e. The van der Waals surface area contributed by atoms with Gasteiger partial charge in [0.2, 0.25) is 11.8 Å². The number of nitrogens with zero attached hydrogens (tertiary/aromatic N) is 2. The normalized spacial score (nSPS) is 18.8. The van der Waals surface area contributed by atoms with Crippen LogP contribution < -0.4 is 20.7 Å². The third kappa shape index (κ3) is 2.18. The molecule has 98 valence electrons. The van der Waals surface area contributed by atoms with Gasteiger partial charge in [0.1, 0.15) is 6.04 Å². The Bertz CT molecular complexity index is 450. The van der Waals surface area contributed by atoms with E-state index in [1.165, 1.54) is 0 Å². The Morgan fingerprint density at radius 2 is 2.39 bits per heavy atom. The second-order valence-electron chi connectivity index (χ2n) is 4.23. The van der Waals surface area contributed by atoms with Crippen LogP contribution in [0.2, 0.25) is 0 Å². The van der Waals surface area contributed by atoms with Crippen molar-refractivity contribution in [1.29, 1.82) is 0 Å². The van der Waals surface area contributed by atoms with E-state index < -0.39 is 0 Å². The lowest BCUT2D eigenvalue weighted by molar-refractivity contribution is -0.121. The van der Waals surface area contributed by atoms with Gasteiger partial charge >= 0.3 is 0 Å². The predicted molar refractivity (Wildman–Crippen MR) is 69.6 cm³/mol. The maximum Gasteiger partial charge on any atom is 0.242 e. The number of aromatic nitrogens is 1. The lowest BCUT2D eigenvalue weighted by atomic mass is 10.2. The molecule has 0 saturated carbocycles. The van der Waals surface area contributed by atoms with Gasteiger partial charge in [0, 0.05) is 19.7 Å². The molecule has 6 nitrogen and oxygen atoms in total. The van der Waals surface area contributed by atoms with Crippen molar-refractivity contribution in [2.24, 2.45) is 0 Å². The summed E-state index contributed by atoms with van der Waals surface area (Å²) in [6, 6.07) is 3.27. The number of nitrogen functional groups attached to an aromatic ring is 1. The number of nitrogens with one attached hydrogen (secondary N) is 1. The summed E-state index contributed by atoms with van der Waals surface area (Å²) < 4.78 is 5.10. The number of ether oxygens (including phenoxy) is 1. The molecule has 2 heterocycles. The molecule has 1 aromatic rings. The van der Waals surface area contributed by atoms with Crippen LogP contribution in [-0.2, 0) is 4.79 Å². The highest BCUT2D eigenvalue weighted by Gasteiger charge is 2.32. The second kappa shape index (κ2) is 5.12. The smallest absolute Gasteiger partial charge is 0.242 e. The Morgan fingerprint density at radius 1 is 1.61 bits per heavy atom. The highest BCUT2D eigenvalue weighted by atomic mass is 16.5. The summed E-state index contributed by atoms with van der Waals surface area (Å²) in [5, 5.41) is 2.67. The molecule has 1 aliphatic heterocycles. The molecule has 1 amide bonds. The van der Waals surface area contributed by atoms with Gasteiger partial charge in [-0.15, -0.1) is 0 Å². The van der Waals surface area contributed by atoms with Gasteiger partial charge in [-0.1, -0.05) is 0 Å². The summed E-state index contributed by atoms with van der Waals surface area (Å²) in [4.78, 5) is 18.1. The average Bonchev–Trinajstić information content (AvgIpc) is 2.87. The monoisotopic (exact) mass is 250 g/mol. The van der Waals surface area contributed by atoms with Gasteiger partial charge in [-0.3, -0.25) is 4.79 Å². The van der Waals surface area contributed by atoms with E-state index in [2.05, 4.69) is 10.3 Å². The van der Waals surface area contributed by atoms with Crippen LogP contribution in [0.25, 0.3) is 0 Å². The highest BCUT2D eigenvalue weighted by Crippen LogP contribution is 2.30. The largest absolute Gasteiger partial charge is 0.481 e. The molecule has 2 rings (SSSR count). The van der Waals surface area contributed by atoms with Crippen LogP contribution in [0.5, 0.6) is 5.88 Å². The van der Waals surface area contributed by atoms with Crippen LogP contribution in [0.4, 0.5) is 11.5 Å². The lowest BCUT2D eigenvalue weighted by Crippen LogP contribution is -2.42. The second-order valence-corrected chi connectivity index (χ2v) is 4.23. The first kappa shape index (κ1) is 12.5. The Kier molecular flexibility index (Phi) is 3.55. The molecular weight excluding hydrogens is 232 g/mol. The molecule has 1 aromatic heterocycles. The van der Waals surface area contributed by atoms with Crippen molar-refractivity contribution in [3.63, 3.8) is 0 Å². The van der Waals surface area contributed by atoms with Gasteiger partial charge in [-0.25, -0.2) is 0 Å². The van der Waals surface area contributed by atoms with Crippen LogP contribution in [-0.4, -0.2) is 37.6 Å². The zero-order valence-corrected chi connectivity index (χ0v) is 10.6. The van der Waals surface area contributed by atoms with Gasteiger partial charge < -0.3 is 20.7 Å². The Labute approximate surface area is 106 Å². The van der Waals surface area contributed by atoms with Crippen molar-refractivity contribution in [1.82, 2.24) is 10.3 Å². The van der Waals surface area contributed by atoms with Crippen molar-refractivity contribution in [2.75, 3.05) is 31.3 Å². The molecule has 1 saturated heterocycles. The van der Waals surface area contributed by atoms with E-state index in [4.69, 9.17) is 10.5 Å². The molecule has 0 aromatic carbocycles. The van der Waals surface area contributed by atoms with Gasteiger partial charge in [-0.05, 0) is 18.9 Å². The van der Waals surface area contributed by atoms with Gasteiger partial charge in [0.25, 0.3) is 0 Å². The van der Waals surface area contributed by atoms with Crippen LogP contribution in [0.3, 0.4) is 0 Å². The minimum atomic E-state index is -0.197. The first-order valence-corrected chi connectivity index (χ1v) is 5.96. The van der Waals surface area contributed by atoms with Gasteiger partial charge in [0.15, 0.2) is 5.82 Å². The van der Waals surface area contributed by atoms with Crippen molar-refractivity contribution < 1.29 is 9.53 Å². The fourth-order valence-corrected chi connectivity index (χ4v) is 2.24. The number of carbonyl (C=O) groups is 1. The third-order valence-corrected chi connectivity index (χ3v) is 3.16. The van der Waals surface area contributed by atoms with Crippen LogP contribution in [0.1, 0.15) is 12.8 Å². The number of rotatable bonds is 3. The fourth-order valence-electron chi connectivity index (χ4n) is 2.24. The summed E-state index contributed by atoms with van der Waals surface area (Å²) in [5.74, 6) is 1.12. The highest BCUT2D eigenvalue weighted by molar-refractivity contribution is 5.86. The number of nitrogens with two attached hydrogens (primary N) is 1. The first-order chi connectivity index (χ1) is 8.67. The molecule has 1 aliphatic rings. The van der Waals surface area contributed by atoms with Gasteiger partial charge in [0.05, 0.1) is 12.8 Å². The Morgan fingerprint density at radius 3 is 3.06 bits per heavy atom. The van der Waals surface area contributed by atoms with Crippen LogP contribution in [0.15, 0.2) is 12.1 Å². The Hall–Kier alpha value is -1.98. The van der Waals surface area contributed by atoms with Gasteiger partial charge in [-0.2, -0.15) is 4.98 Å². The molecule has 0 bridgehead atoms. The number of pyridine rings is 1. The van der Waals surface area contributed by atoms with Crippen molar-refractivity contribution in [3.8, 4) is 5.88 Å². The van der Waals surface area contributed by atoms with E-state index in [-0.39, 0.29) is 11.9 Å². The summed E-state index contributed by atoms with van der Waals surface area (Å²) >= 11 is 0. The molecule has 6 heteroatoms. The topological polar surface area (TPSA) is 80.5 Å². The lowest BCUT2D eigenvalue weighted by Gasteiger charge is -2.25. The molecule has 0 radical (unpaired) electrons. The predicted octanol–water partition coefficient (Wildman–Crippen LogP) is 0.387. The van der Waals surface area contributed by atoms with E-state index in [1.807, 2.05) is 4.90 Å². The molecule has 1 atom stereocenters. The quantitative estimate of drug-likeness (QED) is 0.811. The number of methoxy groups -OCH3 is 1. The van der Waals surface area contributed by atoms with E-state index in [0.717, 1.165) is 19.4 Å². The first-order valence-electron chi connectivity index (χ1n) is 5.96. The van der Waals surface area contributed by atoms with E-state index in [0.29, 0.717) is 17.4 Å². The van der Waals surface area contributed by atoms with E-state index in [1.54, 1.807) is 26.3 Å². The molecule has 18 heavy (non-hydrogen) atoms. The van der Waals surface area contributed by atoms with Crippen molar-refractivity contribution in [2.45, 2.75) is 18.9 Å². The summed E-state index contributed by atoms with van der Waals surface area (Å²) in [6.45, 7) is 0.780. The zero-order valence-electron chi connectivity index (χ0n) is 10.6. The third-order valence-electron chi connectivity index (χ3n) is 3.16. The van der Waals surface area contributed by atoms with Crippen LogP contribution in [0, 0.1) is 0 Å². The summed E-state index contributed by atoms with van der Waals surface area (Å²) in [7, 11) is 3.20. The number of hydrogen-bond donors (Lipinski definition) is 2. The number of likely N-dealkylation sites (N-methyl/N-ethyl adjacent to an activating group) is 1. The van der Waals surface area contributed by atoms with E-state index >= 15 is 0 Å². The molecule has 3 N–H and O–H groups in total. The summed E-state index contributed by atoms with van der Waals surface area (Å²) in [6.07, 6.45) is 1.77. The SMILES string of the molecule is CNC(=O)C1CCCN1c1nc(OC)ccc1N. The minimum absolute atomic E-state index is 0.00322. The molecule has 0 spiro atoms. The fraction of sp³-hybridized carbons (Fsp3) is 0.500. The van der Waals surface area contributed by atoms with E-state index in [9.17, 15) is 4.79 Å². The molecule has 1 unspecified atom stereocenters. The number of anilines is 2. The molecule has 0 aliphatic carbocycles. The number of amides is 1. The molecule has 1 fully saturated rings. The number of hydrogen-bond acceptors (Lipinski definition) is 5. The summed E-state index contributed by atoms with van der Waals surface area (Å²) in [5.41, 5.74) is 6.50. The van der Waals surface area contributed by atoms with Crippen molar-refractivity contribution >= 4 is 17.4 Å². The standard InChI is InChI=1S/C12H18N4O2/c1-14-12(17)9-4-3-7-16(9)11-8(13)5-6-10(15-11)18-2/h5-6,9H,3-4,7,13H2,1-2H3,(H,14,17). The maximum atomic E-state index is 11.8. The van der Waals surface area contributed by atoms with Crippen molar-refractivity contribution in [3.05, 3.63) is 12.1 Å². The Balaban J connectivity index is 2.32. The maximum absolute atomic E-state index is 11.8. The molecular formula is C12H18N4O2. The van der Waals surface area contributed by atoms with Crippen LogP contribution >= 0.6 is 0 Å². The average molecular weight is 250 g/mol.